The first-order valence-corrected chi connectivity index (χ1v) is 11.9. The summed E-state index contributed by atoms with van der Waals surface area (Å²) >= 11 is 0. The molecule has 190 valence electrons. The predicted molar refractivity (Wildman–Crippen MR) is 145 cm³/mol. The second-order valence-corrected chi connectivity index (χ2v) is 8.13. The molecule has 0 saturated carbocycles. The van der Waals surface area contributed by atoms with Crippen molar-refractivity contribution in [2.75, 3.05) is 19.8 Å². The average Bonchev–Trinajstić information content (AvgIpc) is 2.94. The van der Waals surface area contributed by atoms with Crippen LogP contribution >= 0.6 is 0 Å². The second kappa shape index (κ2) is 14.2. The molecular formula is C31H30O6. The van der Waals surface area contributed by atoms with Crippen molar-refractivity contribution in [3.8, 4) is 22.6 Å². The van der Waals surface area contributed by atoms with Gasteiger partial charge in [0.05, 0.1) is 25.4 Å². The third-order valence-corrected chi connectivity index (χ3v) is 5.35. The third-order valence-electron chi connectivity index (χ3n) is 5.35. The highest BCUT2D eigenvalue weighted by molar-refractivity contribution is 5.87. The largest absolute Gasteiger partial charge is 0.494 e. The predicted octanol–water partition coefficient (Wildman–Crippen LogP) is 5.87. The van der Waals surface area contributed by atoms with Crippen LogP contribution in [0.1, 0.15) is 24.0 Å². The first-order valence-electron chi connectivity index (χ1n) is 11.9. The minimum absolute atomic E-state index is 0.0552. The number of carbonyl (C=O) groups is 2. The molecule has 0 fully saturated rings. The number of unbranched alkanes of at least 4 members (excludes halogenated alkanes) is 1. The Hall–Kier alpha value is -4.42. The topological polar surface area (TPSA) is 82.1 Å². The quantitative estimate of drug-likeness (QED) is 0.104. The van der Waals surface area contributed by atoms with E-state index in [0.29, 0.717) is 18.8 Å². The number of benzene rings is 3. The lowest BCUT2D eigenvalue weighted by molar-refractivity contribution is -0.139. The number of hydrogen-bond acceptors (Lipinski definition) is 6. The van der Waals surface area contributed by atoms with Crippen molar-refractivity contribution in [1.29, 1.82) is 0 Å². The van der Waals surface area contributed by atoms with Gasteiger partial charge in [0.1, 0.15) is 11.5 Å². The van der Waals surface area contributed by atoms with Gasteiger partial charge in [-0.2, -0.15) is 0 Å². The first kappa shape index (κ1) is 27.2. The zero-order valence-electron chi connectivity index (χ0n) is 20.6. The van der Waals surface area contributed by atoms with Crippen LogP contribution in [-0.2, 0) is 14.3 Å². The van der Waals surface area contributed by atoms with E-state index >= 15 is 0 Å². The molecule has 37 heavy (non-hydrogen) atoms. The van der Waals surface area contributed by atoms with Gasteiger partial charge in [-0.25, -0.2) is 9.59 Å². The number of aliphatic hydroxyl groups is 1. The molecule has 0 aliphatic carbocycles. The number of hydrogen-bond donors (Lipinski definition) is 1. The maximum absolute atomic E-state index is 11.4. The zero-order valence-corrected chi connectivity index (χ0v) is 20.6. The molecule has 0 atom stereocenters. The van der Waals surface area contributed by atoms with E-state index in [1.807, 2.05) is 72.8 Å². The standard InChI is InChI=1S/C31H30O6/c1-3-30(33)37-29-18-14-27(15-19-29)26-12-8-24(9-13-26)6-7-25-10-16-28(17-11-25)35-20-4-5-21-36-31(34)23(2)22-32/h3,6-19,32H,1-2,4-5,20-22H2/b7-6+. The van der Waals surface area contributed by atoms with E-state index in [1.54, 1.807) is 12.1 Å². The minimum atomic E-state index is -0.567. The molecule has 1 N–H and O–H groups in total. The molecule has 3 aromatic rings. The van der Waals surface area contributed by atoms with Crippen LogP contribution < -0.4 is 9.47 Å². The molecular weight excluding hydrogens is 468 g/mol. The van der Waals surface area contributed by atoms with Gasteiger partial charge in [0.2, 0.25) is 0 Å². The summed E-state index contributed by atoms with van der Waals surface area (Å²) in [5, 5.41) is 8.83. The highest BCUT2D eigenvalue weighted by atomic mass is 16.5. The van der Waals surface area contributed by atoms with E-state index in [2.05, 4.69) is 13.2 Å². The van der Waals surface area contributed by atoms with Crippen LogP contribution in [0.15, 0.2) is 97.6 Å². The van der Waals surface area contributed by atoms with Gasteiger partial charge in [-0.3, -0.25) is 0 Å². The van der Waals surface area contributed by atoms with Crippen LogP contribution in [0, 0.1) is 0 Å². The van der Waals surface area contributed by atoms with Crippen molar-refractivity contribution in [3.05, 3.63) is 109 Å². The molecule has 0 aliphatic heterocycles. The van der Waals surface area contributed by atoms with E-state index in [4.69, 9.17) is 19.3 Å². The van der Waals surface area contributed by atoms with Crippen molar-refractivity contribution in [2.45, 2.75) is 12.8 Å². The van der Waals surface area contributed by atoms with Crippen molar-refractivity contribution < 1.29 is 28.9 Å². The van der Waals surface area contributed by atoms with E-state index < -0.39 is 18.5 Å². The molecule has 0 bridgehead atoms. The molecule has 0 unspecified atom stereocenters. The molecule has 0 heterocycles. The SMILES string of the molecule is C=CC(=O)Oc1ccc(-c2ccc(/C=C/c3ccc(OCCCCOC(=O)C(=C)CO)cc3)cc2)cc1. The summed E-state index contributed by atoms with van der Waals surface area (Å²) in [6.07, 6.45) is 6.62. The summed E-state index contributed by atoms with van der Waals surface area (Å²) in [6, 6.07) is 23.3. The Labute approximate surface area is 217 Å². The van der Waals surface area contributed by atoms with Gasteiger partial charge in [-0.05, 0) is 59.4 Å². The Morgan fingerprint density at radius 2 is 1.27 bits per heavy atom. The van der Waals surface area contributed by atoms with Crippen molar-refractivity contribution >= 4 is 24.1 Å². The average molecular weight is 499 g/mol. The Morgan fingerprint density at radius 3 is 1.84 bits per heavy atom. The fourth-order valence-electron chi connectivity index (χ4n) is 3.25. The lowest BCUT2D eigenvalue weighted by Crippen LogP contribution is -2.11. The number of ether oxygens (including phenoxy) is 3. The van der Waals surface area contributed by atoms with Crippen LogP contribution in [0.3, 0.4) is 0 Å². The van der Waals surface area contributed by atoms with Crippen molar-refractivity contribution in [2.24, 2.45) is 0 Å². The maximum atomic E-state index is 11.4. The molecule has 0 spiro atoms. The number of rotatable bonds is 13. The van der Waals surface area contributed by atoms with E-state index in [1.165, 1.54) is 0 Å². The minimum Gasteiger partial charge on any atom is -0.494 e. The molecule has 0 amide bonds. The van der Waals surface area contributed by atoms with Gasteiger partial charge in [0.25, 0.3) is 0 Å². The van der Waals surface area contributed by atoms with Crippen LogP contribution in [-0.4, -0.2) is 36.9 Å². The number of esters is 2. The lowest BCUT2D eigenvalue weighted by atomic mass is 10.0. The smallest absolute Gasteiger partial charge is 0.335 e. The summed E-state index contributed by atoms with van der Waals surface area (Å²) in [6.45, 7) is 7.21. The van der Waals surface area contributed by atoms with E-state index in [-0.39, 0.29) is 12.2 Å². The van der Waals surface area contributed by atoms with Crippen molar-refractivity contribution in [1.82, 2.24) is 0 Å². The molecule has 0 radical (unpaired) electrons. The Bertz CT molecular complexity index is 1220. The van der Waals surface area contributed by atoms with Gasteiger partial charge < -0.3 is 19.3 Å². The summed E-state index contributed by atoms with van der Waals surface area (Å²) in [7, 11) is 0. The molecule has 0 aliphatic rings. The fraction of sp³-hybridized carbons (Fsp3) is 0.161. The Kier molecular flexibility index (Phi) is 10.4. The number of aliphatic hydroxyl groups excluding tert-OH is 1. The van der Waals surface area contributed by atoms with E-state index in [0.717, 1.165) is 40.5 Å². The van der Waals surface area contributed by atoms with Crippen LogP contribution in [0.2, 0.25) is 0 Å². The Balaban J connectivity index is 1.43. The maximum Gasteiger partial charge on any atom is 0.335 e. The van der Waals surface area contributed by atoms with Crippen LogP contribution in [0.25, 0.3) is 23.3 Å². The van der Waals surface area contributed by atoms with Gasteiger partial charge in [-0.1, -0.05) is 73.8 Å². The molecule has 6 heteroatoms. The third kappa shape index (κ3) is 8.94. The highest BCUT2D eigenvalue weighted by Gasteiger charge is 2.06. The van der Waals surface area contributed by atoms with Gasteiger partial charge in [0, 0.05) is 6.08 Å². The molecule has 3 aromatic carbocycles. The summed E-state index contributed by atoms with van der Waals surface area (Å²) in [4.78, 5) is 22.7. The molecule has 3 rings (SSSR count). The van der Waals surface area contributed by atoms with Gasteiger partial charge in [0.15, 0.2) is 0 Å². The summed E-state index contributed by atoms with van der Waals surface area (Å²) < 4.78 is 15.8. The molecule has 0 saturated heterocycles. The molecule has 6 nitrogen and oxygen atoms in total. The first-order chi connectivity index (χ1) is 18.0. The van der Waals surface area contributed by atoms with Crippen molar-refractivity contribution in [3.63, 3.8) is 0 Å². The molecule has 0 aromatic heterocycles. The van der Waals surface area contributed by atoms with Crippen LogP contribution in [0.4, 0.5) is 0 Å². The fourth-order valence-corrected chi connectivity index (χ4v) is 3.25. The number of carbonyl (C=O) groups excluding carboxylic acids is 2. The van der Waals surface area contributed by atoms with Crippen LogP contribution in [0.5, 0.6) is 11.5 Å². The monoisotopic (exact) mass is 498 g/mol. The van der Waals surface area contributed by atoms with Gasteiger partial charge in [-0.15, -0.1) is 0 Å². The highest BCUT2D eigenvalue weighted by Crippen LogP contribution is 2.24. The lowest BCUT2D eigenvalue weighted by Gasteiger charge is -2.07. The second-order valence-electron chi connectivity index (χ2n) is 8.13. The van der Waals surface area contributed by atoms with Gasteiger partial charge >= 0.3 is 11.9 Å². The van der Waals surface area contributed by atoms with E-state index in [9.17, 15) is 9.59 Å². The zero-order chi connectivity index (χ0) is 26.5. The summed E-state index contributed by atoms with van der Waals surface area (Å²) in [5.74, 6) is 0.209. The normalized spacial score (nSPS) is 10.6. The summed E-state index contributed by atoms with van der Waals surface area (Å²) in [5.41, 5.74) is 4.27. The Morgan fingerprint density at radius 1 is 0.757 bits per heavy atom.